The van der Waals surface area contributed by atoms with Gasteiger partial charge in [-0.25, -0.2) is 4.79 Å². The first-order valence-electron chi connectivity index (χ1n) is 7.27. The van der Waals surface area contributed by atoms with Crippen LogP contribution in [0.3, 0.4) is 0 Å². The Morgan fingerprint density at radius 1 is 1.24 bits per heavy atom. The van der Waals surface area contributed by atoms with Gasteiger partial charge < -0.3 is 10.0 Å². The number of hydrogen-bond donors (Lipinski definition) is 1. The van der Waals surface area contributed by atoms with Crippen molar-refractivity contribution in [2.24, 2.45) is 0 Å². The molecule has 0 fully saturated rings. The number of rotatable bonds is 9. The Bertz CT molecular complexity index is 494. The average Bonchev–Trinajstić information content (AvgIpc) is 2.46. The third-order valence-corrected chi connectivity index (χ3v) is 3.34. The Morgan fingerprint density at radius 3 is 2.24 bits per heavy atom. The lowest BCUT2D eigenvalue weighted by molar-refractivity contribution is -0.385. The molecule has 0 aliphatic heterocycles. The van der Waals surface area contributed by atoms with E-state index < -0.39 is 10.9 Å². The second-order valence-electron chi connectivity index (χ2n) is 4.96. The zero-order chi connectivity index (χ0) is 15.8. The molecule has 1 aromatic carbocycles. The van der Waals surface area contributed by atoms with Crippen LogP contribution in [-0.2, 0) is 0 Å². The molecular formula is C15H22N2O4. The van der Waals surface area contributed by atoms with E-state index in [-0.39, 0.29) is 11.3 Å². The number of nitrogens with zero attached hydrogens (tertiary/aromatic N) is 2. The van der Waals surface area contributed by atoms with Gasteiger partial charge in [0, 0.05) is 24.8 Å². The Labute approximate surface area is 124 Å². The highest BCUT2D eigenvalue weighted by atomic mass is 16.6. The van der Waals surface area contributed by atoms with E-state index in [1.807, 2.05) is 0 Å². The van der Waals surface area contributed by atoms with Crippen molar-refractivity contribution in [2.45, 2.75) is 39.5 Å². The summed E-state index contributed by atoms with van der Waals surface area (Å²) in [5, 5.41) is 20.0. The van der Waals surface area contributed by atoms with Crippen LogP contribution >= 0.6 is 0 Å². The fraction of sp³-hybridized carbons (Fsp3) is 0.533. The number of nitro groups is 1. The van der Waals surface area contributed by atoms with Gasteiger partial charge in [0.1, 0.15) is 5.56 Å². The number of hydrogen-bond acceptors (Lipinski definition) is 4. The molecule has 0 aliphatic carbocycles. The minimum atomic E-state index is -1.27. The van der Waals surface area contributed by atoms with Gasteiger partial charge in [0.2, 0.25) is 0 Å². The van der Waals surface area contributed by atoms with Crippen molar-refractivity contribution in [1.29, 1.82) is 0 Å². The third-order valence-electron chi connectivity index (χ3n) is 3.34. The molecule has 6 nitrogen and oxygen atoms in total. The molecule has 0 unspecified atom stereocenters. The number of carbonyl (C=O) groups is 1. The number of unbranched alkanes of at least 4 members (excludes halogenated alkanes) is 2. The van der Waals surface area contributed by atoms with Gasteiger partial charge in [-0.3, -0.25) is 10.1 Å². The van der Waals surface area contributed by atoms with Crippen LogP contribution in [0.2, 0.25) is 0 Å². The highest BCUT2D eigenvalue weighted by Gasteiger charge is 2.21. The Morgan fingerprint density at radius 2 is 1.81 bits per heavy atom. The average molecular weight is 294 g/mol. The van der Waals surface area contributed by atoms with Gasteiger partial charge in [-0.2, -0.15) is 0 Å². The lowest BCUT2D eigenvalue weighted by atomic mass is 10.1. The maximum absolute atomic E-state index is 11.2. The van der Waals surface area contributed by atoms with Crippen LogP contribution in [0.15, 0.2) is 18.2 Å². The molecule has 0 spiro atoms. The van der Waals surface area contributed by atoms with E-state index in [9.17, 15) is 14.9 Å². The number of nitro benzene ring substituents is 1. The van der Waals surface area contributed by atoms with E-state index in [1.54, 1.807) is 6.07 Å². The van der Waals surface area contributed by atoms with Gasteiger partial charge in [-0.05, 0) is 25.0 Å². The van der Waals surface area contributed by atoms with Crippen molar-refractivity contribution >= 4 is 17.3 Å². The Kier molecular flexibility index (Phi) is 6.65. The monoisotopic (exact) mass is 294 g/mol. The molecule has 6 heteroatoms. The van der Waals surface area contributed by atoms with Gasteiger partial charge >= 0.3 is 5.97 Å². The van der Waals surface area contributed by atoms with E-state index in [1.165, 1.54) is 12.1 Å². The second kappa shape index (κ2) is 8.24. The van der Waals surface area contributed by atoms with Crippen LogP contribution < -0.4 is 4.90 Å². The summed E-state index contributed by atoms with van der Waals surface area (Å²) in [7, 11) is 0. The molecule has 0 bridgehead atoms. The molecule has 0 amide bonds. The lowest BCUT2D eigenvalue weighted by Gasteiger charge is -2.25. The van der Waals surface area contributed by atoms with Crippen molar-refractivity contribution in [1.82, 2.24) is 0 Å². The number of carboxylic acid groups (broad SMARTS) is 1. The smallest absolute Gasteiger partial charge is 0.342 e. The molecule has 1 N–H and O–H groups in total. The summed E-state index contributed by atoms with van der Waals surface area (Å²) in [5.41, 5.74) is 0.118. The molecule has 0 atom stereocenters. The van der Waals surface area contributed by atoms with E-state index in [2.05, 4.69) is 18.7 Å². The first-order valence-corrected chi connectivity index (χ1v) is 7.27. The summed E-state index contributed by atoms with van der Waals surface area (Å²) in [6.07, 6.45) is 4.09. The van der Waals surface area contributed by atoms with Gasteiger partial charge in [-0.15, -0.1) is 0 Å². The fourth-order valence-electron chi connectivity index (χ4n) is 2.12. The first-order chi connectivity index (χ1) is 10.0. The van der Waals surface area contributed by atoms with Crippen molar-refractivity contribution in [2.75, 3.05) is 18.0 Å². The summed E-state index contributed by atoms with van der Waals surface area (Å²) in [5.74, 6) is -1.27. The van der Waals surface area contributed by atoms with E-state index in [4.69, 9.17) is 5.11 Å². The molecule has 1 aromatic rings. The molecular weight excluding hydrogens is 272 g/mol. The van der Waals surface area contributed by atoms with E-state index in [0.29, 0.717) is 0 Å². The zero-order valence-corrected chi connectivity index (χ0v) is 12.5. The quantitative estimate of drug-likeness (QED) is 0.554. The van der Waals surface area contributed by atoms with Crippen LogP contribution in [-0.4, -0.2) is 29.1 Å². The standard InChI is InChI=1S/C15H22N2O4/c1-3-5-9-16(10-6-4-2)12-7-8-14(17(20)21)13(11-12)15(18)19/h7-8,11H,3-6,9-10H2,1-2H3,(H,18,19). The highest BCUT2D eigenvalue weighted by Crippen LogP contribution is 2.25. The van der Waals surface area contributed by atoms with E-state index in [0.717, 1.165) is 44.5 Å². The van der Waals surface area contributed by atoms with Crippen LogP contribution in [0.4, 0.5) is 11.4 Å². The van der Waals surface area contributed by atoms with Gasteiger partial charge in [0.15, 0.2) is 0 Å². The molecule has 21 heavy (non-hydrogen) atoms. The Hall–Kier alpha value is -2.11. The summed E-state index contributed by atoms with van der Waals surface area (Å²) in [4.78, 5) is 23.5. The predicted molar refractivity (Wildman–Crippen MR) is 82.1 cm³/mol. The van der Waals surface area contributed by atoms with Crippen LogP contribution in [0.5, 0.6) is 0 Å². The SMILES string of the molecule is CCCCN(CCCC)c1ccc([N+](=O)[O-])c(C(=O)O)c1. The predicted octanol–water partition coefficient (Wildman–Crippen LogP) is 3.70. The topological polar surface area (TPSA) is 83.7 Å². The van der Waals surface area contributed by atoms with E-state index >= 15 is 0 Å². The van der Waals surface area contributed by atoms with Crippen molar-refractivity contribution in [3.63, 3.8) is 0 Å². The maximum atomic E-state index is 11.2. The summed E-state index contributed by atoms with van der Waals surface area (Å²) < 4.78 is 0. The minimum Gasteiger partial charge on any atom is -0.477 e. The van der Waals surface area contributed by atoms with Crippen LogP contribution in [0, 0.1) is 10.1 Å². The molecule has 116 valence electrons. The van der Waals surface area contributed by atoms with Crippen molar-refractivity contribution < 1.29 is 14.8 Å². The summed E-state index contributed by atoms with van der Waals surface area (Å²) in [6.45, 7) is 5.84. The third kappa shape index (κ3) is 4.73. The first kappa shape index (κ1) is 16.9. The van der Waals surface area contributed by atoms with Gasteiger partial charge in [0.25, 0.3) is 5.69 Å². The summed E-state index contributed by atoms with van der Waals surface area (Å²) >= 11 is 0. The molecule has 0 saturated carbocycles. The summed E-state index contributed by atoms with van der Waals surface area (Å²) in [6, 6.07) is 4.32. The number of carboxylic acids is 1. The maximum Gasteiger partial charge on any atom is 0.342 e. The molecule has 0 aromatic heterocycles. The molecule has 0 aliphatic rings. The minimum absolute atomic E-state index is 0.254. The van der Waals surface area contributed by atoms with Crippen molar-refractivity contribution in [3.8, 4) is 0 Å². The molecule has 0 radical (unpaired) electrons. The molecule has 0 saturated heterocycles. The normalized spacial score (nSPS) is 10.4. The molecule has 1 rings (SSSR count). The van der Waals surface area contributed by atoms with Gasteiger partial charge in [0.05, 0.1) is 4.92 Å². The number of benzene rings is 1. The zero-order valence-electron chi connectivity index (χ0n) is 12.5. The van der Waals surface area contributed by atoms with Gasteiger partial charge in [-0.1, -0.05) is 26.7 Å². The number of aromatic carboxylic acids is 1. The highest BCUT2D eigenvalue weighted by molar-refractivity contribution is 5.93. The van der Waals surface area contributed by atoms with Crippen LogP contribution in [0.25, 0.3) is 0 Å². The largest absolute Gasteiger partial charge is 0.477 e. The Balaban J connectivity index is 3.10. The second-order valence-corrected chi connectivity index (χ2v) is 4.96. The number of anilines is 1. The lowest BCUT2D eigenvalue weighted by Crippen LogP contribution is -2.26. The van der Waals surface area contributed by atoms with Crippen LogP contribution in [0.1, 0.15) is 49.9 Å². The van der Waals surface area contributed by atoms with Crippen molar-refractivity contribution in [3.05, 3.63) is 33.9 Å². The molecule has 0 heterocycles. The fourth-order valence-corrected chi connectivity index (χ4v) is 2.12.